The largest absolute Gasteiger partial charge is 0.325 e. The molecule has 1 aromatic heterocycles. The molecule has 0 atom stereocenters. The van der Waals surface area contributed by atoms with Crippen LogP contribution in [-0.4, -0.2) is 30.4 Å². The molecule has 1 aliphatic rings. The summed E-state index contributed by atoms with van der Waals surface area (Å²) in [5.74, 6) is 0.677. The Morgan fingerprint density at radius 1 is 1.30 bits per heavy atom. The van der Waals surface area contributed by atoms with Crippen molar-refractivity contribution in [1.29, 1.82) is 0 Å². The molecule has 1 fully saturated rings. The number of aromatic nitrogens is 1. The third-order valence-corrected chi connectivity index (χ3v) is 3.08. The van der Waals surface area contributed by atoms with Gasteiger partial charge in [-0.3, -0.25) is 9.59 Å². The lowest BCUT2D eigenvalue weighted by atomic mass is 10.3. The molecule has 2 rings (SSSR count). The predicted octanol–water partition coefficient (Wildman–Crippen LogP) is 1.37. The third kappa shape index (κ3) is 4.62. The van der Waals surface area contributed by atoms with Gasteiger partial charge in [0.15, 0.2) is 0 Å². The van der Waals surface area contributed by atoms with Crippen LogP contribution in [0.1, 0.15) is 25.7 Å². The third-order valence-electron chi connectivity index (χ3n) is 3.08. The van der Waals surface area contributed by atoms with Gasteiger partial charge in [0.05, 0.1) is 11.9 Å². The molecule has 2 amide bonds. The maximum atomic E-state index is 11.6. The molecule has 0 radical (unpaired) electrons. The number of amides is 2. The monoisotopic (exact) mass is 276 g/mol. The minimum Gasteiger partial charge on any atom is -0.325 e. The van der Waals surface area contributed by atoms with Gasteiger partial charge in [-0.05, 0) is 45.0 Å². The van der Waals surface area contributed by atoms with Crippen LogP contribution < -0.4 is 16.0 Å². The van der Waals surface area contributed by atoms with Crippen LogP contribution in [0.5, 0.6) is 0 Å². The summed E-state index contributed by atoms with van der Waals surface area (Å²) in [6, 6.07) is 3.44. The van der Waals surface area contributed by atoms with E-state index in [-0.39, 0.29) is 17.7 Å². The maximum absolute atomic E-state index is 11.6. The van der Waals surface area contributed by atoms with Gasteiger partial charge in [-0.25, -0.2) is 4.98 Å². The Morgan fingerprint density at radius 3 is 2.70 bits per heavy atom. The molecule has 1 aliphatic carbocycles. The highest BCUT2D eigenvalue weighted by Gasteiger charge is 2.29. The number of hydrogen-bond acceptors (Lipinski definition) is 4. The van der Waals surface area contributed by atoms with Crippen LogP contribution in [0.4, 0.5) is 11.5 Å². The predicted molar refractivity (Wildman–Crippen MR) is 77.4 cm³/mol. The first-order valence-corrected chi connectivity index (χ1v) is 6.90. The standard InChI is InChI=1S/C14H20N4O2/c1-15-8-2-3-13(19)17-11-6-7-12(16-9-11)18-14(20)10-4-5-10/h6-7,9-10,15H,2-5,8H2,1H3,(H,17,19)(H,16,18,20). The zero-order valence-electron chi connectivity index (χ0n) is 11.6. The second-order valence-electron chi connectivity index (χ2n) is 4.95. The van der Waals surface area contributed by atoms with Crippen LogP contribution in [0.2, 0.25) is 0 Å². The quantitative estimate of drug-likeness (QED) is 0.657. The van der Waals surface area contributed by atoms with Crippen molar-refractivity contribution in [3.63, 3.8) is 0 Å². The summed E-state index contributed by atoms with van der Waals surface area (Å²) in [4.78, 5) is 27.3. The van der Waals surface area contributed by atoms with Gasteiger partial charge in [0.25, 0.3) is 0 Å². The molecule has 0 aliphatic heterocycles. The molecule has 1 aromatic rings. The first-order chi connectivity index (χ1) is 9.69. The highest BCUT2D eigenvalue weighted by molar-refractivity contribution is 5.94. The number of rotatable bonds is 7. The molecule has 1 heterocycles. The van der Waals surface area contributed by atoms with Gasteiger partial charge in [-0.2, -0.15) is 0 Å². The Kier molecular flexibility index (Phi) is 5.06. The molecule has 3 N–H and O–H groups in total. The molecular formula is C14H20N4O2. The Morgan fingerprint density at radius 2 is 2.10 bits per heavy atom. The number of pyridine rings is 1. The zero-order valence-corrected chi connectivity index (χ0v) is 11.6. The molecule has 6 nitrogen and oxygen atoms in total. The van der Waals surface area contributed by atoms with Gasteiger partial charge in [0, 0.05) is 12.3 Å². The van der Waals surface area contributed by atoms with Crippen LogP contribution in [0.3, 0.4) is 0 Å². The van der Waals surface area contributed by atoms with Crippen molar-refractivity contribution in [2.75, 3.05) is 24.2 Å². The number of anilines is 2. The van der Waals surface area contributed by atoms with Crippen molar-refractivity contribution in [1.82, 2.24) is 10.3 Å². The minimum atomic E-state index is -0.0307. The van der Waals surface area contributed by atoms with E-state index in [0.29, 0.717) is 17.9 Å². The van der Waals surface area contributed by atoms with Crippen molar-refractivity contribution >= 4 is 23.3 Å². The average molecular weight is 276 g/mol. The van der Waals surface area contributed by atoms with Crippen LogP contribution >= 0.6 is 0 Å². The molecule has 0 unspecified atom stereocenters. The topological polar surface area (TPSA) is 83.1 Å². The van der Waals surface area contributed by atoms with Crippen LogP contribution in [0, 0.1) is 5.92 Å². The van der Waals surface area contributed by atoms with E-state index in [2.05, 4.69) is 20.9 Å². The van der Waals surface area contributed by atoms with Gasteiger partial charge in [-0.15, -0.1) is 0 Å². The van der Waals surface area contributed by atoms with E-state index in [9.17, 15) is 9.59 Å². The fourth-order valence-corrected chi connectivity index (χ4v) is 1.76. The van der Waals surface area contributed by atoms with Crippen molar-refractivity contribution in [2.45, 2.75) is 25.7 Å². The first kappa shape index (κ1) is 14.5. The summed E-state index contributed by atoms with van der Waals surface area (Å²) in [6.07, 6.45) is 4.75. The van der Waals surface area contributed by atoms with Gasteiger partial charge in [0.2, 0.25) is 11.8 Å². The summed E-state index contributed by atoms with van der Waals surface area (Å²) in [5.41, 5.74) is 0.642. The van der Waals surface area contributed by atoms with Crippen molar-refractivity contribution in [3.05, 3.63) is 18.3 Å². The van der Waals surface area contributed by atoms with Gasteiger partial charge >= 0.3 is 0 Å². The van der Waals surface area contributed by atoms with E-state index in [1.165, 1.54) is 0 Å². The van der Waals surface area contributed by atoms with E-state index < -0.39 is 0 Å². The van der Waals surface area contributed by atoms with Gasteiger partial charge < -0.3 is 16.0 Å². The minimum absolute atomic E-state index is 0.0290. The molecule has 0 aromatic carbocycles. The second-order valence-corrected chi connectivity index (χ2v) is 4.95. The van der Waals surface area contributed by atoms with E-state index in [1.54, 1.807) is 18.3 Å². The Bertz CT molecular complexity index is 469. The number of nitrogens with one attached hydrogen (secondary N) is 3. The first-order valence-electron chi connectivity index (χ1n) is 6.90. The Hall–Kier alpha value is -1.95. The molecule has 20 heavy (non-hydrogen) atoms. The molecule has 0 spiro atoms. The smallest absolute Gasteiger partial charge is 0.228 e. The van der Waals surface area contributed by atoms with E-state index in [4.69, 9.17) is 0 Å². The lowest BCUT2D eigenvalue weighted by Gasteiger charge is -2.07. The molecule has 0 saturated heterocycles. The maximum Gasteiger partial charge on any atom is 0.228 e. The molecule has 108 valence electrons. The summed E-state index contributed by atoms with van der Waals surface area (Å²) in [7, 11) is 1.86. The summed E-state index contributed by atoms with van der Waals surface area (Å²) in [5, 5.41) is 8.52. The van der Waals surface area contributed by atoms with Crippen LogP contribution in [0.25, 0.3) is 0 Å². The highest BCUT2D eigenvalue weighted by atomic mass is 16.2. The van der Waals surface area contributed by atoms with Crippen LogP contribution in [-0.2, 0) is 9.59 Å². The number of carbonyl (C=O) groups is 2. The van der Waals surface area contributed by atoms with Crippen LogP contribution in [0.15, 0.2) is 18.3 Å². The fourth-order valence-electron chi connectivity index (χ4n) is 1.76. The van der Waals surface area contributed by atoms with Crippen molar-refractivity contribution < 1.29 is 9.59 Å². The normalized spacial score (nSPS) is 13.8. The summed E-state index contributed by atoms with van der Waals surface area (Å²) >= 11 is 0. The SMILES string of the molecule is CNCCCC(=O)Nc1ccc(NC(=O)C2CC2)nc1. The number of nitrogens with zero attached hydrogens (tertiary/aromatic N) is 1. The highest BCUT2D eigenvalue weighted by Crippen LogP contribution is 2.29. The Labute approximate surface area is 118 Å². The zero-order chi connectivity index (χ0) is 14.4. The fraction of sp³-hybridized carbons (Fsp3) is 0.500. The second kappa shape index (κ2) is 7.00. The van der Waals surface area contributed by atoms with E-state index in [1.807, 2.05) is 7.05 Å². The number of hydrogen-bond donors (Lipinski definition) is 3. The van der Waals surface area contributed by atoms with Gasteiger partial charge in [-0.1, -0.05) is 0 Å². The van der Waals surface area contributed by atoms with Crippen molar-refractivity contribution in [3.8, 4) is 0 Å². The van der Waals surface area contributed by atoms with E-state index >= 15 is 0 Å². The van der Waals surface area contributed by atoms with Crippen molar-refractivity contribution in [2.24, 2.45) is 5.92 Å². The molecule has 1 saturated carbocycles. The number of carbonyl (C=O) groups excluding carboxylic acids is 2. The lowest BCUT2D eigenvalue weighted by molar-refractivity contribution is -0.117. The summed E-state index contributed by atoms with van der Waals surface area (Å²) < 4.78 is 0. The van der Waals surface area contributed by atoms with Gasteiger partial charge in [0.1, 0.15) is 5.82 Å². The molecule has 6 heteroatoms. The molecule has 0 bridgehead atoms. The average Bonchev–Trinajstić information content (AvgIpc) is 3.26. The lowest BCUT2D eigenvalue weighted by Crippen LogP contribution is -2.16. The molecular weight excluding hydrogens is 256 g/mol. The Balaban J connectivity index is 1.78. The van der Waals surface area contributed by atoms with E-state index in [0.717, 1.165) is 25.8 Å². The summed E-state index contributed by atoms with van der Waals surface area (Å²) in [6.45, 7) is 0.817.